The third-order valence-electron chi connectivity index (χ3n) is 5.55. The zero-order valence-corrected chi connectivity index (χ0v) is 15.5. The minimum absolute atomic E-state index is 0.0136. The van der Waals surface area contributed by atoms with Crippen LogP contribution in [0.25, 0.3) is 0 Å². The van der Waals surface area contributed by atoms with Gasteiger partial charge in [-0.15, -0.1) is 0 Å². The molecule has 1 aliphatic rings. The summed E-state index contributed by atoms with van der Waals surface area (Å²) in [5.41, 5.74) is 4.83. The molecule has 136 valence electrons. The van der Waals surface area contributed by atoms with Crippen molar-refractivity contribution in [2.75, 3.05) is 0 Å². The molecule has 1 aromatic rings. The largest absolute Gasteiger partial charge is 0.272 e. The summed E-state index contributed by atoms with van der Waals surface area (Å²) < 4.78 is 0. The number of hydrazone groups is 1. The lowest BCUT2D eigenvalue weighted by atomic mass is 9.69. The fraction of sp³-hybridized carbons (Fsp3) is 0.579. The molecule has 0 aliphatic heterocycles. The van der Waals surface area contributed by atoms with Crippen LogP contribution in [-0.2, 0) is 0 Å². The second-order valence-electron chi connectivity index (χ2n) is 7.49. The van der Waals surface area contributed by atoms with Gasteiger partial charge in [0.2, 0.25) is 0 Å². The molecule has 0 bridgehead atoms. The maximum atomic E-state index is 12.2. The summed E-state index contributed by atoms with van der Waals surface area (Å²) in [7, 11) is 0. The molecule has 0 unspecified atom stereocenters. The highest BCUT2D eigenvalue weighted by Gasteiger charge is 2.30. The fourth-order valence-electron chi connectivity index (χ4n) is 3.33. The molecule has 1 N–H and O–H groups in total. The second-order valence-corrected chi connectivity index (χ2v) is 7.49. The summed E-state index contributed by atoms with van der Waals surface area (Å²) in [6.45, 7) is 8.49. The van der Waals surface area contributed by atoms with Gasteiger partial charge < -0.3 is 0 Å². The summed E-state index contributed by atoms with van der Waals surface area (Å²) >= 11 is 0. The molecule has 0 aromatic heterocycles. The van der Waals surface area contributed by atoms with E-state index in [2.05, 4.69) is 31.3 Å². The van der Waals surface area contributed by atoms with E-state index in [1.54, 1.807) is 6.92 Å². The lowest BCUT2D eigenvalue weighted by Crippen LogP contribution is -2.29. The summed E-state index contributed by atoms with van der Waals surface area (Å²) in [6.07, 6.45) is 5.19. The Hall–Kier alpha value is -2.24. The smallest absolute Gasteiger partial charge is 0.267 e. The Kier molecular flexibility index (Phi) is 5.93. The zero-order chi connectivity index (χ0) is 18.6. The normalized spacial score (nSPS) is 17.9. The number of amides is 1. The van der Waals surface area contributed by atoms with E-state index in [1.807, 2.05) is 0 Å². The standard InChI is InChI=1S/C19H27N3O3/c1-5-19(3,4)15-7-9-16(10-8-15)20-21-18(23)14-6-11-17(22(24)25)13(2)12-14/h6,11-12,15H,5,7-10H2,1-4H3,(H,21,23). The fourth-order valence-corrected chi connectivity index (χ4v) is 3.33. The SMILES string of the molecule is CCC(C)(C)C1CCC(=NNC(=O)c2ccc([N+](=O)[O-])c(C)c2)CC1. The van der Waals surface area contributed by atoms with Crippen molar-refractivity contribution in [1.29, 1.82) is 0 Å². The first-order valence-electron chi connectivity index (χ1n) is 8.85. The van der Waals surface area contributed by atoms with E-state index in [4.69, 9.17) is 0 Å². The highest BCUT2D eigenvalue weighted by molar-refractivity contribution is 5.96. The van der Waals surface area contributed by atoms with Crippen molar-refractivity contribution >= 4 is 17.3 Å². The molecule has 6 heteroatoms. The molecular formula is C19H27N3O3. The number of benzene rings is 1. The van der Waals surface area contributed by atoms with E-state index >= 15 is 0 Å². The van der Waals surface area contributed by atoms with E-state index < -0.39 is 4.92 Å². The molecule has 0 atom stereocenters. The maximum absolute atomic E-state index is 12.2. The molecule has 2 rings (SSSR count). The van der Waals surface area contributed by atoms with Gasteiger partial charge in [-0.3, -0.25) is 14.9 Å². The van der Waals surface area contributed by atoms with Gasteiger partial charge in [0, 0.05) is 22.9 Å². The van der Waals surface area contributed by atoms with E-state index in [9.17, 15) is 14.9 Å². The zero-order valence-electron chi connectivity index (χ0n) is 15.5. The predicted molar refractivity (Wildman–Crippen MR) is 98.8 cm³/mol. The number of carbonyl (C=O) groups excluding carboxylic acids is 1. The van der Waals surface area contributed by atoms with E-state index in [-0.39, 0.29) is 11.6 Å². The Morgan fingerprint density at radius 3 is 2.52 bits per heavy atom. The number of nitrogens with zero attached hydrogens (tertiary/aromatic N) is 2. The van der Waals surface area contributed by atoms with Gasteiger partial charge in [0.25, 0.3) is 11.6 Å². The lowest BCUT2D eigenvalue weighted by Gasteiger charge is -2.36. The van der Waals surface area contributed by atoms with Crippen molar-refractivity contribution in [3.63, 3.8) is 0 Å². The van der Waals surface area contributed by atoms with Gasteiger partial charge in [-0.1, -0.05) is 27.2 Å². The van der Waals surface area contributed by atoms with Crippen LogP contribution in [0, 0.1) is 28.4 Å². The van der Waals surface area contributed by atoms with Gasteiger partial charge in [0.1, 0.15) is 0 Å². The van der Waals surface area contributed by atoms with E-state index in [0.717, 1.165) is 31.4 Å². The number of nitrogens with one attached hydrogen (secondary N) is 1. The van der Waals surface area contributed by atoms with Gasteiger partial charge >= 0.3 is 0 Å². The molecular weight excluding hydrogens is 318 g/mol. The Bertz CT molecular complexity index is 685. The van der Waals surface area contributed by atoms with Crippen molar-refractivity contribution in [3.05, 3.63) is 39.4 Å². The molecule has 0 heterocycles. The molecule has 1 aromatic carbocycles. The second kappa shape index (κ2) is 7.76. The number of nitro benzene ring substituents is 1. The van der Waals surface area contributed by atoms with Crippen LogP contribution in [0.2, 0.25) is 0 Å². The summed E-state index contributed by atoms with van der Waals surface area (Å²) in [5.74, 6) is 0.367. The Morgan fingerprint density at radius 1 is 1.36 bits per heavy atom. The summed E-state index contributed by atoms with van der Waals surface area (Å²) in [4.78, 5) is 22.6. The van der Waals surface area contributed by atoms with Crippen molar-refractivity contribution in [2.24, 2.45) is 16.4 Å². The van der Waals surface area contributed by atoms with Gasteiger partial charge in [0.05, 0.1) is 4.92 Å². The average Bonchev–Trinajstić information content (AvgIpc) is 2.59. The van der Waals surface area contributed by atoms with Gasteiger partial charge in [-0.25, -0.2) is 5.43 Å². The van der Waals surface area contributed by atoms with Crippen LogP contribution >= 0.6 is 0 Å². The Labute approximate surface area is 148 Å². The van der Waals surface area contributed by atoms with Crippen molar-refractivity contribution in [2.45, 2.75) is 59.8 Å². The molecule has 6 nitrogen and oxygen atoms in total. The highest BCUT2D eigenvalue weighted by Crippen LogP contribution is 2.39. The molecule has 0 saturated heterocycles. The van der Waals surface area contributed by atoms with Crippen LogP contribution in [0.4, 0.5) is 5.69 Å². The number of aryl methyl sites for hydroxylation is 1. The number of carbonyl (C=O) groups is 1. The third-order valence-corrected chi connectivity index (χ3v) is 5.55. The third kappa shape index (κ3) is 4.65. The predicted octanol–water partition coefficient (Wildman–Crippen LogP) is 4.62. The van der Waals surface area contributed by atoms with Gasteiger partial charge in [0.15, 0.2) is 0 Å². The van der Waals surface area contributed by atoms with Crippen LogP contribution in [0.15, 0.2) is 23.3 Å². The van der Waals surface area contributed by atoms with E-state index in [0.29, 0.717) is 22.5 Å². The number of rotatable bonds is 5. The van der Waals surface area contributed by atoms with Gasteiger partial charge in [-0.2, -0.15) is 5.10 Å². The van der Waals surface area contributed by atoms with E-state index in [1.165, 1.54) is 24.6 Å². The Balaban J connectivity index is 1.95. The highest BCUT2D eigenvalue weighted by atomic mass is 16.6. The van der Waals surface area contributed by atoms with Crippen molar-refractivity contribution < 1.29 is 9.72 Å². The quantitative estimate of drug-likeness (QED) is 0.624. The molecule has 0 radical (unpaired) electrons. The molecule has 1 aliphatic carbocycles. The molecule has 25 heavy (non-hydrogen) atoms. The summed E-state index contributed by atoms with van der Waals surface area (Å²) in [6, 6.07) is 4.34. The molecule has 1 saturated carbocycles. The van der Waals surface area contributed by atoms with Crippen LogP contribution in [0.3, 0.4) is 0 Å². The first-order valence-corrected chi connectivity index (χ1v) is 8.85. The number of nitro groups is 1. The lowest BCUT2D eigenvalue weighted by molar-refractivity contribution is -0.385. The topological polar surface area (TPSA) is 84.6 Å². The first-order chi connectivity index (χ1) is 11.7. The van der Waals surface area contributed by atoms with Crippen LogP contribution in [0.1, 0.15) is 68.8 Å². The molecule has 1 amide bonds. The molecule has 0 spiro atoms. The molecule has 1 fully saturated rings. The van der Waals surface area contributed by atoms with Crippen LogP contribution < -0.4 is 5.43 Å². The maximum Gasteiger partial charge on any atom is 0.272 e. The number of hydrogen-bond acceptors (Lipinski definition) is 4. The van der Waals surface area contributed by atoms with Crippen LogP contribution in [-0.4, -0.2) is 16.5 Å². The van der Waals surface area contributed by atoms with Gasteiger partial charge in [-0.05, 0) is 56.1 Å². The summed E-state index contributed by atoms with van der Waals surface area (Å²) in [5, 5.41) is 15.1. The minimum Gasteiger partial charge on any atom is -0.267 e. The first kappa shape index (κ1) is 19.1. The van der Waals surface area contributed by atoms with Crippen molar-refractivity contribution in [3.8, 4) is 0 Å². The number of hydrogen-bond donors (Lipinski definition) is 1. The Morgan fingerprint density at radius 2 is 2.00 bits per heavy atom. The average molecular weight is 345 g/mol. The monoisotopic (exact) mass is 345 g/mol. The van der Waals surface area contributed by atoms with Crippen LogP contribution in [0.5, 0.6) is 0 Å². The minimum atomic E-state index is -0.451. The van der Waals surface area contributed by atoms with Crippen molar-refractivity contribution in [1.82, 2.24) is 5.43 Å².